The first kappa shape index (κ1) is 17.4. The highest BCUT2D eigenvalue weighted by Crippen LogP contribution is 2.28. The number of aryl methyl sites for hydroxylation is 1. The molecule has 1 N–H and O–H groups in total. The van der Waals surface area contributed by atoms with E-state index in [4.69, 9.17) is 9.47 Å². The van der Waals surface area contributed by atoms with Crippen molar-refractivity contribution in [1.82, 2.24) is 0 Å². The minimum atomic E-state index is -0.629. The lowest BCUT2D eigenvalue weighted by Gasteiger charge is -2.10. The fourth-order valence-electron chi connectivity index (χ4n) is 1.84. The summed E-state index contributed by atoms with van der Waals surface area (Å²) in [5, 5.41) is 13.2. The number of rotatable bonds is 6. The van der Waals surface area contributed by atoms with Gasteiger partial charge in [0.25, 0.3) is 11.6 Å². The first-order valence-electron chi connectivity index (χ1n) is 6.76. The summed E-state index contributed by atoms with van der Waals surface area (Å²) in [6, 6.07) is 7.18. The van der Waals surface area contributed by atoms with E-state index in [2.05, 4.69) is 5.32 Å². The Kier molecular flexibility index (Phi) is 5.48. The molecule has 0 spiro atoms. The molecule has 2 aromatic rings. The van der Waals surface area contributed by atoms with Gasteiger partial charge in [-0.3, -0.25) is 14.9 Å². The molecule has 8 nitrogen and oxygen atoms in total. The van der Waals surface area contributed by atoms with Gasteiger partial charge in [-0.05, 0) is 25.1 Å². The molecule has 0 aliphatic heterocycles. The Morgan fingerprint density at radius 1 is 1.29 bits per heavy atom. The zero-order valence-corrected chi connectivity index (χ0v) is 13.7. The Balaban J connectivity index is 2.00. The molecule has 0 saturated carbocycles. The van der Waals surface area contributed by atoms with Gasteiger partial charge in [-0.15, -0.1) is 11.3 Å². The number of nitrogens with zero attached hydrogens (tertiary/aromatic N) is 1. The number of amides is 1. The predicted molar refractivity (Wildman–Crippen MR) is 87.6 cm³/mol. The molecule has 0 atom stereocenters. The van der Waals surface area contributed by atoms with Gasteiger partial charge in [0, 0.05) is 17.0 Å². The highest BCUT2D eigenvalue weighted by molar-refractivity contribution is 7.13. The maximum Gasteiger partial charge on any atom is 0.348 e. The minimum Gasteiger partial charge on any atom is -0.495 e. The second kappa shape index (κ2) is 7.55. The number of hydrogen-bond acceptors (Lipinski definition) is 7. The third-order valence-corrected chi connectivity index (χ3v) is 3.92. The van der Waals surface area contributed by atoms with Gasteiger partial charge in [0.2, 0.25) is 0 Å². The number of methoxy groups -OCH3 is 1. The number of nitrogens with one attached hydrogen (secondary N) is 1. The molecule has 126 valence electrons. The normalized spacial score (nSPS) is 10.1. The van der Waals surface area contributed by atoms with Crippen molar-refractivity contribution in [2.24, 2.45) is 0 Å². The van der Waals surface area contributed by atoms with Gasteiger partial charge in [-0.1, -0.05) is 0 Å². The third-order valence-electron chi connectivity index (χ3n) is 2.94. The Morgan fingerprint density at radius 2 is 2.04 bits per heavy atom. The van der Waals surface area contributed by atoms with Crippen LogP contribution in [0.4, 0.5) is 11.4 Å². The predicted octanol–water partition coefficient (Wildman–Crippen LogP) is 2.77. The highest BCUT2D eigenvalue weighted by atomic mass is 32.1. The number of hydrogen-bond donors (Lipinski definition) is 1. The number of benzene rings is 1. The van der Waals surface area contributed by atoms with Crippen LogP contribution in [-0.4, -0.2) is 30.5 Å². The van der Waals surface area contributed by atoms with Gasteiger partial charge in [0.1, 0.15) is 10.6 Å². The molecule has 1 aromatic heterocycles. The maximum atomic E-state index is 11.9. The molecule has 2 rings (SSSR count). The largest absolute Gasteiger partial charge is 0.495 e. The van der Waals surface area contributed by atoms with Crippen LogP contribution in [0.2, 0.25) is 0 Å². The van der Waals surface area contributed by atoms with Gasteiger partial charge < -0.3 is 14.8 Å². The molecule has 0 aliphatic rings. The number of ether oxygens (including phenoxy) is 2. The van der Waals surface area contributed by atoms with Gasteiger partial charge in [0.15, 0.2) is 6.61 Å². The van der Waals surface area contributed by atoms with Crippen molar-refractivity contribution in [3.05, 3.63) is 50.2 Å². The molecule has 0 fully saturated rings. The molecule has 9 heteroatoms. The molecule has 1 heterocycles. The molecule has 0 bridgehead atoms. The third kappa shape index (κ3) is 4.29. The second-order valence-corrected chi connectivity index (χ2v) is 5.96. The molecular weight excluding hydrogens is 336 g/mol. The lowest BCUT2D eigenvalue weighted by molar-refractivity contribution is -0.384. The minimum absolute atomic E-state index is 0.125. The number of esters is 1. The van der Waals surface area contributed by atoms with E-state index in [1.807, 2.05) is 6.92 Å². The summed E-state index contributed by atoms with van der Waals surface area (Å²) in [4.78, 5) is 35.2. The SMILES string of the molecule is COc1ccc([N+](=O)[O-])cc1NC(=O)COC(=O)c1ccc(C)s1. The number of thiophene rings is 1. The lowest BCUT2D eigenvalue weighted by Crippen LogP contribution is -2.21. The first-order chi connectivity index (χ1) is 11.4. The standard InChI is InChI=1S/C15H14N2O6S/c1-9-3-6-13(24-9)15(19)23-8-14(18)16-11-7-10(17(20)21)4-5-12(11)22-2/h3-7H,8H2,1-2H3,(H,16,18). The highest BCUT2D eigenvalue weighted by Gasteiger charge is 2.16. The van der Waals surface area contributed by atoms with Gasteiger partial charge in [0.05, 0.1) is 17.7 Å². The average molecular weight is 350 g/mol. The van der Waals surface area contributed by atoms with Crippen LogP contribution in [0.25, 0.3) is 0 Å². The molecule has 0 aliphatic carbocycles. The number of carbonyl (C=O) groups is 2. The Bertz CT molecular complexity index is 786. The summed E-state index contributed by atoms with van der Waals surface area (Å²) >= 11 is 1.26. The van der Waals surface area contributed by atoms with E-state index >= 15 is 0 Å². The summed E-state index contributed by atoms with van der Waals surface area (Å²) in [6.45, 7) is 1.34. The molecule has 0 unspecified atom stereocenters. The van der Waals surface area contributed by atoms with Crippen LogP contribution in [-0.2, 0) is 9.53 Å². The molecule has 24 heavy (non-hydrogen) atoms. The molecule has 1 aromatic carbocycles. The van der Waals surface area contributed by atoms with Crippen molar-refractivity contribution < 1.29 is 24.0 Å². The summed E-state index contributed by atoms with van der Waals surface area (Å²) in [6.07, 6.45) is 0. The van der Waals surface area contributed by atoms with Crippen molar-refractivity contribution in [3.63, 3.8) is 0 Å². The van der Waals surface area contributed by atoms with Crippen molar-refractivity contribution in [1.29, 1.82) is 0 Å². The summed E-state index contributed by atoms with van der Waals surface area (Å²) in [5.74, 6) is -0.973. The van der Waals surface area contributed by atoms with Crippen LogP contribution in [0.1, 0.15) is 14.5 Å². The van der Waals surface area contributed by atoms with Crippen molar-refractivity contribution in [2.45, 2.75) is 6.92 Å². The quantitative estimate of drug-likeness (QED) is 0.487. The Hall–Kier alpha value is -2.94. The first-order valence-corrected chi connectivity index (χ1v) is 7.58. The number of anilines is 1. The molecular formula is C15H14N2O6S. The topological polar surface area (TPSA) is 108 Å². The Labute approximate surface area is 141 Å². The Morgan fingerprint density at radius 3 is 2.62 bits per heavy atom. The van der Waals surface area contributed by atoms with E-state index in [1.54, 1.807) is 12.1 Å². The smallest absolute Gasteiger partial charge is 0.348 e. The van der Waals surface area contributed by atoms with Crippen LogP contribution in [0.15, 0.2) is 30.3 Å². The molecule has 0 radical (unpaired) electrons. The van der Waals surface area contributed by atoms with Crippen molar-refractivity contribution in [2.75, 3.05) is 19.0 Å². The van der Waals surface area contributed by atoms with E-state index in [-0.39, 0.29) is 17.1 Å². The van der Waals surface area contributed by atoms with E-state index in [0.29, 0.717) is 4.88 Å². The number of nitro benzene ring substituents is 1. The van der Waals surface area contributed by atoms with Crippen LogP contribution < -0.4 is 10.1 Å². The number of non-ortho nitro benzene ring substituents is 1. The zero-order chi connectivity index (χ0) is 17.7. The lowest BCUT2D eigenvalue weighted by atomic mass is 10.2. The van der Waals surface area contributed by atoms with E-state index < -0.39 is 23.4 Å². The van der Waals surface area contributed by atoms with Crippen molar-refractivity contribution in [3.8, 4) is 5.75 Å². The summed E-state index contributed by atoms with van der Waals surface area (Å²) < 4.78 is 9.95. The fourth-order valence-corrected chi connectivity index (χ4v) is 2.60. The van der Waals surface area contributed by atoms with Gasteiger partial charge in [-0.2, -0.15) is 0 Å². The van der Waals surface area contributed by atoms with Crippen LogP contribution in [0.3, 0.4) is 0 Å². The van der Waals surface area contributed by atoms with Crippen LogP contribution in [0, 0.1) is 17.0 Å². The number of carbonyl (C=O) groups excluding carboxylic acids is 2. The van der Waals surface area contributed by atoms with E-state index in [1.165, 1.54) is 36.6 Å². The molecule has 1 amide bonds. The van der Waals surface area contributed by atoms with E-state index in [9.17, 15) is 19.7 Å². The zero-order valence-electron chi connectivity index (χ0n) is 12.9. The summed E-state index contributed by atoms with van der Waals surface area (Å²) in [7, 11) is 1.37. The maximum absolute atomic E-state index is 11.9. The fraction of sp³-hybridized carbons (Fsp3) is 0.200. The molecule has 0 saturated heterocycles. The van der Waals surface area contributed by atoms with Gasteiger partial charge in [-0.25, -0.2) is 4.79 Å². The van der Waals surface area contributed by atoms with Crippen LogP contribution >= 0.6 is 11.3 Å². The summed E-state index contributed by atoms with van der Waals surface area (Å²) in [5.41, 5.74) is -0.0723. The average Bonchev–Trinajstić information content (AvgIpc) is 2.99. The monoisotopic (exact) mass is 350 g/mol. The van der Waals surface area contributed by atoms with E-state index in [0.717, 1.165) is 4.88 Å². The van der Waals surface area contributed by atoms with Crippen LogP contribution in [0.5, 0.6) is 5.75 Å². The number of nitro groups is 1. The van der Waals surface area contributed by atoms with Gasteiger partial charge >= 0.3 is 5.97 Å². The van der Waals surface area contributed by atoms with Crippen molar-refractivity contribution >= 4 is 34.6 Å². The second-order valence-electron chi connectivity index (χ2n) is 4.68.